The Morgan fingerprint density at radius 2 is 1.88 bits per heavy atom. The van der Waals surface area contributed by atoms with Crippen molar-refractivity contribution in [2.24, 2.45) is 0 Å². The van der Waals surface area contributed by atoms with Crippen molar-refractivity contribution in [3.8, 4) is 11.5 Å². The topological polar surface area (TPSA) is 59.6 Å². The minimum Gasteiger partial charge on any atom is -0.497 e. The average Bonchev–Trinajstić information content (AvgIpc) is 2.60. The maximum Gasteiger partial charge on any atom is 0.238 e. The Labute approximate surface area is 144 Å². The molecule has 1 atom stereocenters. The average molecular weight is 350 g/mol. The number of nitrogens with one attached hydrogen (secondary N) is 2. The summed E-state index contributed by atoms with van der Waals surface area (Å²) in [6.07, 6.45) is 0. The highest BCUT2D eigenvalue weighted by Crippen LogP contribution is 2.28. The summed E-state index contributed by atoms with van der Waals surface area (Å²) < 4.78 is 37.0. The van der Waals surface area contributed by atoms with Crippen molar-refractivity contribution >= 4 is 11.6 Å². The molecule has 5 nitrogen and oxygen atoms in total. The molecule has 2 N–H and O–H groups in total. The lowest BCUT2D eigenvalue weighted by molar-refractivity contribution is -0.115. The van der Waals surface area contributed by atoms with Crippen LogP contribution in [0, 0.1) is 11.6 Å². The zero-order valence-corrected chi connectivity index (χ0v) is 14.2. The van der Waals surface area contributed by atoms with Gasteiger partial charge in [0.1, 0.15) is 23.1 Å². The molecule has 1 amide bonds. The Hall–Kier alpha value is -2.67. The normalized spacial score (nSPS) is 11.7. The second kappa shape index (κ2) is 8.43. The van der Waals surface area contributed by atoms with Gasteiger partial charge in [0, 0.05) is 23.7 Å². The van der Waals surface area contributed by atoms with Gasteiger partial charge in [0.15, 0.2) is 0 Å². The van der Waals surface area contributed by atoms with E-state index in [9.17, 15) is 13.6 Å². The molecule has 0 aliphatic heterocycles. The number of halogens is 2. The minimum absolute atomic E-state index is 0.0484. The Bertz CT molecular complexity index is 753. The third-order valence-electron chi connectivity index (χ3n) is 3.68. The molecule has 2 aromatic carbocycles. The predicted octanol–water partition coefficient (Wildman–Crippen LogP) is 3.27. The molecule has 7 heteroatoms. The van der Waals surface area contributed by atoms with Gasteiger partial charge in [-0.3, -0.25) is 4.79 Å². The summed E-state index contributed by atoms with van der Waals surface area (Å²) in [5.74, 6) is -0.549. The van der Waals surface area contributed by atoms with Gasteiger partial charge in [0.25, 0.3) is 0 Å². The number of hydrogen-bond acceptors (Lipinski definition) is 4. The van der Waals surface area contributed by atoms with E-state index < -0.39 is 17.7 Å². The highest BCUT2D eigenvalue weighted by molar-refractivity contribution is 5.93. The number of rotatable bonds is 7. The van der Waals surface area contributed by atoms with E-state index >= 15 is 0 Å². The third-order valence-corrected chi connectivity index (χ3v) is 3.68. The summed E-state index contributed by atoms with van der Waals surface area (Å²) in [6, 6.07) is 7.91. The van der Waals surface area contributed by atoms with Gasteiger partial charge in [-0.1, -0.05) is 6.07 Å². The first kappa shape index (κ1) is 18.7. The van der Waals surface area contributed by atoms with Crippen molar-refractivity contribution in [2.75, 3.05) is 26.1 Å². The summed E-state index contributed by atoms with van der Waals surface area (Å²) in [4.78, 5) is 12.1. The van der Waals surface area contributed by atoms with Crippen LogP contribution >= 0.6 is 0 Å². The molecule has 0 spiro atoms. The Morgan fingerprint density at radius 1 is 1.12 bits per heavy atom. The quantitative estimate of drug-likeness (QED) is 0.805. The second-order valence-electron chi connectivity index (χ2n) is 5.38. The first-order valence-corrected chi connectivity index (χ1v) is 7.64. The van der Waals surface area contributed by atoms with Gasteiger partial charge in [0.2, 0.25) is 5.91 Å². The van der Waals surface area contributed by atoms with Gasteiger partial charge in [-0.2, -0.15) is 0 Å². The lowest BCUT2D eigenvalue weighted by atomic mass is 10.1. The number of hydrogen-bond donors (Lipinski definition) is 2. The molecule has 0 bridgehead atoms. The molecule has 0 aliphatic rings. The molecule has 0 saturated carbocycles. The second-order valence-corrected chi connectivity index (χ2v) is 5.38. The van der Waals surface area contributed by atoms with Gasteiger partial charge >= 0.3 is 0 Å². The fraction of sp³-hybridized carbons (Fsp3) is 0.278. The number of benzene rings is 2. The summed E-state index contributed by atoms with van der Waals surface area (Å²) in [5, 5.41) is 5.61. The van der Waals surface area contributed by atoms with Crippen molar-refractivity contribution in [1.29, 1.82) is 0 Å². The monoisotopic (exact) mass is 350 g/mol. The lowest BCUT2D eigenvalue weighted by Crippen LogP contribution is -2.30. The molecule has 0 unspecified atom stereocenters. The highest BCUT2D eigenvalue weighted by atomic mass is 19.1. The summed E-state index contributed by atoms with van der Waals surface area (Å²) >= 11 is 0. The van der Waals surface area contributed by atoms with Crippen molar-refractivity contribution in [3.05, 3.63) is 53.6 Å². The smallest absolute Gasteiger partial charge is 0.238 e. The van der Waals surface area contributed by atoms with Crippen LogP contribution in [-0.4, -0.2) is 26.7 Å². The van der Waals surface area contributed by atoms with Gasteiger partial charge in [-0.15, -0.1) is 0 Å². The Kier molecular flexibility index (Phi) is 6.30. The number of carbonyl (C=O) groups is 1. The zero-order valence-electron chi connectivity index (χ0n) is 14.2. The summed E-state index contributed by atoms with van der Waals surface area (Å²) in [6.45, 7) is 1.64. The molecule has 0 saturated heterocycles. The number of amides is 1. The van der Waals surface area contributed by atoms with Crippen LogP contribution in [0.15, 0.2) is 36.4 Å². The number of carbonyl (C=O) groups excluding carboxylic acids is 1. The number of methoxy groups -OCH3 is 2. The predicted molar refractivity (Wildman–Crippen MR) is 91.0 cm³/mol. The van der Waals surface area contributed by atoms with Gasteiger partial charge in [0.05, 0.1) is 26.5 Å². The van der Waals surface area contributed by atoms with Crippen LogP contribution in [0.4, 0.5) is 14.5 Å². The zero-order chi connectivity index (χ0) is 18.4. The fourth-order valence-corrected chi connectivity index (χ4v) is 2.30. The van der Waals surface area contributed by atoms with Crippen molar-refractivity contribution in [1.82, 2.24) is 5.32 Å². The van der Waals surface area contributed by atoms with Crippen LogP contribution in [0.3, 0.4) is 0 Å². The van der Waals surface area contributed by atoms with E-state index in [0.29, 0.717) is 17.2 Å². The molecule has 134 valence electrons. The standard InChI is InChI=1S/C18H20F2N2O3/c1-11(14-6-4-12(19)8-15(14)20)21-10-18(23)22-16-7-5-13(24-2)9-17(16)25-3/h4-9,11,21H,10H2,1-3H3,(H,22,23)/t11-/m1/s1. The van der Waals surface area contributed by atoms with Crippen LogP contribution in [0.2, 0.25) is 0 Å². The maximum atomic E-state index is 13.7. The molecule has 2 rings (SSSR count). The van der Waals surface area contributed by atoms with E-state index in [-0.39, 0.29) is 18.0 Å². The van der Waals surface area contributed by atoms with E-state index in [0.717, 1.165) is 6.07 Å². The van der Waals surface area contributed by atoms with E-state index in [4.69, 9.17) is 9.47 Å². The van der Waals surface area contributed by atoms with Crippen molar-refractivity contribution < 1.29 is 23.0 Å². The first-order chi connectivity index (χ1) is 11.9. The van der Waals surface area contributed by atoms with Gasteiger partial charge in [-0.25, -0.2) is 8.78 Å². The first-order valence-electron chi connectivity index (χ1n) is 7.64. The van der Waals surface area contributed by atoms with E-state index in [1.165, 1.54) is 26.4 Å². The van der Waals surface area contributed by atoms with Crippen molar-refractivity contribution in [3.63, 3.8) is 0 Å². The van der Waals surface area contributed by atoms with E-state index in [2.05, 4.69) is 10.6 Å². The molecule has 2 aromatic rings. The van der Waals surface area contributed by atoms with Gasteiger partial charge in [-0.05, 0) is 25.1 Å². The maximum absolute atomic E-state index is 13.7. The van der Waals surface area contributed by atoms with E-state index in [1.54, 1.807) is 25.1 Å². The Balaban J connectivity index is 1.96. The summed E-state index contributed by atoms with van der Waals surface area (Å²) in [7, 11) is 3.02. The van der Waals surface area contributed by atoms with Crippen LogP contribution in [0.5, 0.6) is 11.5 Å². The lowest BCUT2D eigenvalue weighted by Gasteiger charge is -2.16. The number of ether oxygens (including phenoxy) is 2. The highest BCUT2D eigenvalue weighted by Gasteiger charge is 2.14. The van der Waals surface area contributed by atoms with Crippen LogP contribution in [0.1, 0.15) is 18.5 Å². The molecule has 0 aliphatic carbocycles. The molecular formula is C18H20F2N2O3. The van der Waals surface area contributed by atoms with Crippen molar-refractivity contribution in [2.45, 2.75) is 13.0 Å². The van der Waals surface area contributed by atoms with Crippen LogP contribution in [-0.2, 0) is 4.79 Å². The number of anilines is 1. The molecular weight excluding hydrogens is 330 g/mol. The minimum atomic E-state index is -0.655. The largest absolute Gasteiger partial charge is 0.497 e. The van der Waals surface area contributed by atoms with Crippen LogP contribution in [0.25, 0.3) is 0 Å². The Morgan fingerprint density at radius 3 is 2.52 bits per heavy atom. The molecule has 0 heterocycles. The third kappa shape index (κ3) is 4.90. The molecule has 0 fully saturated rings. The molecule has 0 aromatic heterocycles. The SMILES string of the molecule is COc1ccc(NC(=O)CN[C@H](C)c2ccc(F)cc2F)c(OC)c1. The summed E-state index contributed by atoms with van der Waals surface area (Å²) in [5.41, 5.74) is 0.784. The van der Waals surface area contributed by atoms with Gasteiger partial charge < -0.3 is 20.1 Å². The van der Waals surface area contributed by atoms with E-state index in [1.807, 2.05) is 0 Å². The molecule has 25 heavy (non-hydrogen) atoms. The fourth-order valence-electron chi connectivity index (χ4n) is 2.30. The van der Waals surface area contributed by atoms with Crippen LogP contribution < -0.4 is 20.1 Å². The molecule has 0 radical (unpaired) electrons.